The first-order chi connectivity index (χ1) is 10.8. The van der Waals surface area contributed by atoms with Crippen LogP contribution in [0.4, 0.5) is 24.5 Å². The summed E-state index contributed by atoms with van der Waals surface area (Å²) in [6.45, 7) is 1.77. The highest BCUT2D eigenvalue weighted by atomic mass is 35.5. The topological polar surface area (TPSA) is 41.5 Å². The van der Waals surface area contributed by atoms with Gasteiger partial charge in [0.2, 0.25) is 0 Å². The Morgan fingerprint density at radius 3 is 2.52 bits per heavy atom. The average molecular weight is 339 g/mol. The molecule has 23 heavy (non-hydrogen) atoms. The monoisotopic (exact) mass is 338 g/mol. The predicted octanol–water partition coefficient (Wildman–Crippen LogP) is 4.74. The first kappa shape index (κ1) is 15.6. The van der Waals surface area contributed by atoms with Gasteiger partial charge in [0.15, 0.2) is 0 Å². The Kier molecular flexibility index (Phi) is 3.64. The number of hydrogen-bond acceptors (Lipinski definition) is 2. The van der Waals surface area contributed by atoms with Crippen molar-refractivity contribution in [3.8, 4) is 0 Å². The second kappa shape index (κ2) is 5.38. The molecule has 118 valence electrons. The number of aryl methyl sites for hydroxylation is 1. The molecule has 3 rings (SSSR count). The van der Waals surface area contributed by atoms with Gasteiger partial charge in [-0.1, -0.05) is 29.8 Å². The quantitative estimate of drug-likeness (QED) is 0.801. The largest absolute Gasteiger partial charge is 0.418 e. The number of nitrogens with zero attached hydrogens (tertiary/aromatic N) is 1. The van der Waals surface area contributed by atoms with E-state index in [9.17, 15) is 18.0 Å². The molecule has 1 aliphatic rings. The number of amides is 1. The number of benzene rings is 2. The molecule has 0 bridgehead atoms. The maximum atomic E-state index is 13.1. The second-order valence-corrected chi connectivity index (χ2v) is 5.45. The lowest BCUT2D eigenvalue weighted by molar-refractivity contribution is -0.137. The molecule has 0 saturated heterocycles. The molecular formula is C16H10ClF3N2O. The van der Waals surface area contributed by atoms with Gasteiger partial charge in [0.1, 0.15) is 5.71 Å². The first-order valence-electron chi connectivity index (χ1n) is 6.65. The van der Waals surface area contributed by atoms with Gasteiger partial charge in [0.05, 0.1) is 22.0 Å². The summed E-state index contributed by atoms with van der Waals surface area (Å²) in [5, 5.41) is 2.86. The molecule has 0 aromatic heterocycles. The van der Waals surface area contributed by atoms with Gasteiger partial charge in [0, 0.05) is 5.56 Å². The maximum Gasteiger partial charge on any atom is 0.418 e. The van der Waals surface area contributed by atoms with Crippen molar-refractivity contribution in [1.82, 2.24) is 0 Å². The molecule has 0 unspecified atom stereocenters. The van der Waals surface area contributed by atoms with Gasteiger partial charge >= 0.3 is 6.18 Å². The van der Waals surface area contributed by atoms with E-state index in [2.05, 4.69) is 10.3 Å². The number of carbonyl (C=O) groups excluding carboxylic acids is 1. The van der Waals surface area contributed by atoms with Crippen molar-refractivity contribution in [3.63, 3.8) is 0 Å². The molecule has 0 radical (unpaired) electrons. The Balaban J connectivity index is 2.21. The van der Waals surface area contributed by atoms with Crippen molar-refractivity contribution in [2.24, 2.45) is 4.99 Å². The zero-order valence-electron chi connectivity index (χ0n) is 11.8. The fraction of sp³-hybridized carbons (Fsp3) is 0.125. The molecule has 7 heteroatoms. The van der Waals surface area contributed by atoms with Crippen LogP contribution >= 0.6 is 11.6 Å². The van der Waals surface area contributed by atoms with Crippen LogP contribution in [-0.2, 0) is 11.0 Å². The number of hydrogen-bond donors (Lipinski definition) is 1. The lowest BCUT2D eigenvalue weighted by atomic mass is 10.1. The standard InChI is InChI=1S/C16H10ClF3N2O/c1-8-6-7-10(17)12-13(8)22-15(23)14(12)21-11-5-3-2-4-9(11)16(18,19)20/h2-7H,1H3,(H,21,22,23). The summed E-state index contributed by atoms with van der Waals surface area (Å²) in [5.41, 5.74) is 0.213. The van der Waals surface area contributed by atoms with Crippen LogP contribution in [0.15, 0.2) is 41.4 Å². The molecule has 0 atom stereocenters. The van der Waals surface area contributed by atoms with E-state index < -0.39 is 17.6 Å². The summed E-state index contributed by atoms with van der Waals surface area (Å²) >= 11 is 6.10. The van der Waals surface area contributed by atoms with E-state index >= 15 is 0 Å². The first-order valence-corrected chi connectivity index (χ1v) is 7.02. The Morgan fingerprint density at radius 1 is 1.13 bits per heavy atom. The molecule has 0 fully saturated rings. The number of nitrogens with one attached hydrogen (secondary N) is 1. The SMILES string of the molecule is Cc1ccc(Cl)c2c1NC(=O)C2=Nc1ccccc1C(F)(F)F. The van der Waals surface area contributed by atoms with E-state index in [1.165, 1.54) is 18.2 Å². The zero-order valence-corrected chi connectivity index (χ0v) is 12.6. The number of carbonyl (C=O) groups is 1. The van der Waals surface area contributed by atoms with Crippen molar-refractivity contribution in [1.29, 1.82) is 0 Å². The number of alkyl halides is 3. The molecule has 1 N–H and O–H groups in total. The van der Waals surface area contributed by atoms with E-state index in [4.69, 9.17) is 11.6 Å². The van der Waals surface area contributed by atoms with Crippen molar-refractivity contribution in [2.75, 3.05) is 5.32 Å². The van der Waals surface area contributed by atoms with E-state index in [0.29, 0.717) is 11.3 Å². The Labute approximate surface area is 134 Å². The van der Waals surface area contributed by atoms with Crippen molar-refractivity contribution in [3.05, 3.63) is 58.1 Å². The number of aliphatic imine (C=N–C) groups is 1. The molecular weight excluding hydrogens is 329 g/mol. The summed E-state index contributed by atoms with van der Waals surface area (Å²) in [4.78, 5) is 16.1. The third-order valence-corrected chi connectivity index (χ3v) is 3.81. The summed E-state index contributed by atoms with van der Waals surface area (Å²) in [6, 6.07) is 8.14. The van der Waals surface area contributed by atoms with Crippen LogP contribution in [0.1, 0.15) is 16.7 Å². The number of para-hydroxylation sites is 1. The minimum absolute atomic E-state index is 0.120. The number of anilines is 1. The van der Waals surface area contributed by atoms with Crippen molar-refractivity contribution >= 4 is 34.6 Å². The zero-order chi connectivity index (χ0) is 16.8. The van der Waals surface area contributed by atoms with Gasteiger partial charge in [-0.2, -0.15) is 13.2 Å². The Morgan fingerprint density at radius 2 is 1.83 bits per heavy atom. The number of fused-ring (bicyclic) bond motifs is 1. The summed E-state index contributed by atoms with van der Waals surface area (Å²) < 4.78 is 39.2. The van der Waals surface area contributed by atoms with Crippen molar-refractivity contribution in [2.45, 2.75) is 13.1 Å². The van der Waals surface area contributed by atoms with Crippen LogP contribution in [0.2, 0.25) is 5.02 Å². The molecule has 0 aliphatic carbocycles. The third kappa shape index (κ3) is 2.70. The lowest BCUT2D eigenvalue weighted by Crippen LogP contribution is -2.15. The minimum atomic E-state index is -4.56. The average Bonchev–Trinajstić information content (AvgIpc) is 2.81. The summed E-state index contributed by atoms with van der Waals surface area (Å²) in [7, 11) is 0. The van der Waals surface area contributed by atoms with Gasteiger partial charge < -0.3 is 5.32 Å². The summed E-state index contributed by atoms with van der Waals surface area (Å²) in [5.74, 6) is -0.576. The fourth-order valence-corrected chi connectivity index (χ4v) is 2.65. The second-order valence-electron chi connectivity index (χ2n) is 5.04. The van der Waals surface area contributed by atoms with Crippen LogP contribution in [0.5, 0.6) is 0 Å². The Bertz CT molecular complexity index is 844. The lowest BCUT2D eigenvalue weighted by Gasteiger charge is -2.10. The van der Waals surface area contributed by atoms with E-state index in [-0.39, 0.29) is 16.4 Å². The van der Waals surface area contributed by atoms with Crippen LogP contribution in [0.3, 0.4) is 0 Å². The molecule has 0 spiro atoms. The summed E-state index contributed by atoms with van der Waals surface area (Å²) in [6.07, 6.45) is -4.56. The molecule has 2 aromatic rings. The number of rotatable bonds is 1. The van der Waals surface area contributed by atoms with Crippen LogP contribution in [0, 0.1) is 6.92 Å². The molecule has 2 aromatic carbocycles. The molecule has 1 amide bonds. The van der Waals surface area contributed by atoms with Gasteiger partial charge in [0.25, 0.3) is 5.91 Å². The van der Waals surface area contributed by atoms with Gasteiger partial charge in [-0.05, 0) is 30.7 Å². The highest BCUT2D eigenvalue weighted by Gasteiger charge is 2.35. The maximum absolute atomic E-state index is 13.1. The molecule has 3 nitrogen and oxygen atoms in total. The highest BCUT2D eigenvalue weighted by Crippen LogP contribution is 2.38. The fourth-order valence-electron chi connectivity index (χ4n) is 2.40. The van der Waals surface area contributed by atoms with E-state index in [1.54, 1.807) is 19.1 Å². The molecule has 0 saturated carbocycles. The minimum Gasteiger partial charge on any atom is -0.320 e. The van der Waals surface area contributed by atoms with Crippen LogP contribution in [0.25, 0.3) is 0 Å². The van der Waals surface area contributed by atoms with E-state index in [1.807, 2.05) is 0 Å². The molecule has 1 heterocycles. The predicted molar refractivity (Wildman–Crippen MR) is 82.5 cm³/mol. The van der Waals surface area contributed by atoms with Crippen molar-refractivity contribution < 1.29 is 18.0 Å². The van der Waals surface area contributed by atoms with Gasteiger partial charge in [-0.3, -0.25) is 4.79 Å². The Hall–Kier alpha value is -2.34. The van der Waals surface area contributed by atoms with Gasteiger partial charge in [-0.25, -0.2) is 4.99 Å². The molecule has 1 aliphatic heterocycles. The van der Waals surface area contributed by atoms with Crippen LogP contribution < -0.4 is 5.32 Å². The number of halogens is 4. The normalized spacial score (nSPS) is 15.7. The third-order valence-electron chi connectivity index (χ3n) is 3.49. The van der Waals surface area contributed by atoms with E-state index in [0.717, 1.165) is 11.6 Å². The smallest absolute Gasteiger partial charge is 0.320 e. The van der Waals surface area contributed by atoms with Gasteiger partial charge in [-0.15, -0.1) is 0 Å². The van der Waals surface area contributed by atoms with Crippen LogP contribution in [-0.4, -0.2) is 11.6 Å². The highest BCUT2D eigenvalue weighted by molar-refractivity contribution is 6.57.